The summed E-state index contributed by atoms with van der Waals surface area (Å²) in [6.45, 7) is 8.97. The Balaban J connectivity index is 1.78. The average Bonchev–Trinajstić information content (AvgIpc) is 3.51. The fraction of sp³-hybridized carbons (Fsp3) is 0.207. The Morgan fingerprint density at radius 1 is 0.788 bits per heavy atom. The summed E-state index contributed by atoms with van der Waals surface area (Å²) in [4.78, 5) is 4.75. The largest absolute Gasteiger partial charge is 0.425 e. The molecule has 0 amide bonds. The van der Waals surface area contributed by atoms with Gasteiger partial charge in [-0.15, -0.1) is 0 Å². The van der Waals surface area contributed by atoms with Crippen LogP contribution in [0.5, 0.6) is 0 Å². The lowest BCUT2D eigenvalue weighted by Crippen LogP contribution is -2.08. The summed E-state index contributed by atoms with van der Waals surface area (Å²) in [6, 6.07) is 20.7. The third-order valence-electron chi connectivity index (χ3n) is 6.46. The van der Waals surface area contributed by atoms with Crippen molar-refractivity contribution in [3.8, 4) is 17.1 Å². The van der Waals surface area contributed by atoms with E-state index in [0.29, 0.717) is 11.7 Å². The van der Waals surface area contributed by atoms with E-state index in [4.69, 9.17) is 13.8 Å². The molecule has 0 atom stereocenters. The molecule has 4 heteroatoms. The van der Waals surface area contributed by atoms with Crippen LogP contribution in [0, 0.1) is 0 Å². The van der Waals surface area contributed by atoms with Crippen molar-refractivity contribution in [3.63, 3.8) is 0 Å². The van der Waals surface area contributed by atoms with Crippen molar-refractivity contribution in [1.29, 1.82) is 0 Å². The minimum absolute atomic E-state index is 0.265. The van der Waals surface area contributed by atoms with Crippen LogP contribution in [0.25, 0.3) is 50.2 Å². The van der Waals surface area contributed by atoms with E-state index in [2.05, 4.69) is 80.9 Å². The number of fused-ring (bicyclic) bond motifs is 5. The summed E-state index contributed by atoms with van der Waals surface area (Å²) in [6.07, 6.45) is 3.96. The van der Waals surface area contributed by atoms with Crippen LogP contribution in [0.1, 0.15) is 50.7 Å². The first-order valence-corrected chi connectivity index (χ1v) is 11.5. The normalized spacial score (nSPS) is 12.2. The molecule has 0 saturated heterocycles. The molecule has 0 spiro atoms. The number of nitrogens with zero attached hydrogens (tertiary/aromatic N) is 2. The first-order valence-electron chi connectivity index (χ1n) is 11.5. The molecule has 6 aromatic rings. The van der Waals surface area contributed by atoms with Crippen molar-refractivity contribution >= 4 is 33.1 Å². The third-order valence-corrected chi connectivity index (χ3v) is 6.46. The van der Waals surface area contributed by atoms with E-state index in [1.54, 1.807) is 0 Å². The van der Waals surface area contributed by atoms with Crippen molar-refractivity contribution in [1.82, 2.24) is 9.55 Å². The fourth-order valence-electron chi connectivity index (χ4n) is 5.01. The van der Waals surface area contributed by atoms with Gasteiger partial charge >= 0.3 is 0 Å². The highest BCUT2D eigenvalue weighted by Gasteiger charge is 2.27. The number of rotatable bonds is 4. The maximum atomic E-state index is 6.31. The van der Waals surface area contributed by atoms with Gasteiger partial charge in [-0.3, -0.25) is 4.57 Å². The van der Waals surface area contributed by atoms with Crippen molar-refractivity contribution in [2.24, 2.45) is 0 Å². The van der Waals surface area contributed by atoms with Crippen molar-refractivity contribution in [3.05, 3.63) is 84.2 Å². The van der Waals surface area contributed by atoms with Crippen LogP contribution in [0.2, 0.25) is 0 Å². The number of imidazole rings is 1. The van der Waals surface area contributed by atoms with E-state index >= 15 is 0 Å². The van der Waals surface area contributed by atoms with Crippen LogP contribution < -0.4 is 0 Å². The average molecular weight is 435 g/mol. The Morgan fingerprint density at radius 2 is 1.52 bits per heavy atom. The Bertz CT molecular complexity index is 1610. The van der Waals surface area contributed by atoms with Crippen LogP contribution in [0.3, 0.4) is 0 Å². The predicted molar refractivity (Wildman–Crippen MR) is 134 cm³/mol. The molecule has 0 aliphatic heterocycles. The fourth-order valence-corrected chi connectivity index (χ4v) is 5.01. The van der Waals surface area contributed by atoms with Crippen LogP contribution in [0.4, 0.5) is 0 Å². The number of hydrogen-bond donors (Lipinski definition) is 0. The summed E-state index contributed by atoms with van der Waals surface area (Å²) in [5.41, 5.74) is 6.52. The summed E-state index contributed by atoms with van der Waals surface area (Å²) < 4.78 is 14.7. The van der Waals surface area contributed by atoms with Crippen LogP contribution in [0.15, 0.2) is 81.9 Å². The summed E-state index contributed by atoms with van der Waals surface area (Å²) >= 11 is 0. The number of aromatic nitrogens is 2. The van der Waals surface area contributed by atoms with E-state index in [1.165, 1.54) is 16.8 Å². The zero-order valence-electron chi connectivity index (χ0n) is 19.3. The highest BCUT2D eigenvalue weighted by Crippen LogP contribution is 2.45. The molecule has 0 N–H and O–H groups in total. The van der Waals surface area contributed by atoms with E-state index in [1.807, 2.05) is 24.4 Å². The van der Waals surface area contributed by atoms with E-state index in [-0.39, 0.29) is 5.92 Å². The van der Waals surface area contributed by atoms with Crippen LogP contribution in [-0.2, 0) is 0 Å². The third kappa shape index (κ3) is 2.94. The van der Waals surface area contributed by atoms with Gasteiger partial charge in [0, 0.05) is 28.7 Å². The molecule has 33 heavy (non-hydrogen) atoms. The maximum Gasteiger partial charge on any atom is 0.299 e. The molecule has 0 unspecified atom stereocenters. The summed E-state index contributed by atoms with van der Waals surface area (Å²) in [7, 11) is 0. The zero-order valence-corrected chi connectivity index (χ0v) is 19.3. The maximum absolute atomic E-state index is 6.31. The number of hydrogen-bond acceptors (Lipinski definition) is 3. The minimum atomic E-state index is 0.265. The molecule has 0 radical (unpaired) electrons. The SMILES string of the molecule is CC(C)c1cc2oc3oc4ccccc4c3c2c(C(C)C)c1-n1ccnc1-c1ccccc1. The van der Waals surface area contributed by atoms with Gasteiger partial charge in [-0.05, 0) is 35.1 Å². The minimum Gasteiger partial charge on any atom is -0.425 e. The predicted octanol–water partition coefficient (Wildman–Crippen LogP) is 8.43. The van der Waals surface area contributed by atoms with Gasteiger partial charge in [0.2, 0.25) is 0 Å². The highest BCUT2D eigenvalue weighted by atomic mass is 16.5. The topological polar surface area (TPSA) is 44.1 Å². The summed E-state index contributed by atoms with van der Waals surface area (Å²) in [5.74, 6) is 2.10. The molecular formula is C29H26N2O2. The lowest BCUT2D eigenvalue weighted by atomic mass is 9.88. The first kappa shape index (κ1) is 19.9. The van der Waals surface area contributed by atoms with Gasteiger partial charge < -0.3 is 8.83 Å². The van der Waals surface area contributed by atoms with Gasteiger partial charge in [0.25, 0.3) is 5.78 Å². The summed E-state index contributed by atoms with van der Waals surface area (Å²) in [5, 5.41) is 3.28. The highest BCUT2D eigenvalue weighted by molar-refractivity contribution is 6.19. The van der Waals surface area contributed by atoms with Crippen molar-refractivity contribution in [2.45, 2.75) is 39.5 Å². The quantitative estimate of drug-likeness (QED) is 0.280. The molecule has 0 fully saturated rings. The Hall–Kier alpha value is -3.79. The molecule has 4 nitrogen and oxygen atoms in total. The van der Waals surface area contributed by atoms with Gasteiger partial charge in [-0.25, -0.2) is 4.98 Å². The molecule has 3 aromatic heterocycles. The van der Waals surface area contributed by atoms with Gasteiger partial charge in [0.15, 0.2) is 0 Å². The van der Waals surface area contributed by atoms with Crippen molar-refractivity contribution in [2.75, 3.05) is 0 Å². The molecule has 164 valence electrons. The van der Waals surface area contributed by atoms with Gasteiger partial charge in [-0.2, -0.15) is 0 Å². The van der Waals surface area contributed by atoms with Gasteiger partial charge in [-0.1, -0.05) is 76.2 Å². The number of para-hydroxylation sites is 1. The second-order valence-corrected chi connectivity index (χ2v) is 9.26. The van der Waals surface area contributed by atoms with Gasteiger partial charge in [0.05, 0.1) is 11.1 Å². The lowest BCUT2D eigenvalue weighted by molar-refractivity contribution is 0.524. The standard InChI is InChI=1S/C29H26N2O2/c1-17(2)21-16-23-26(25-20-12-8-9-13-22(20)32-29(25)33-23)24(18(3)4)27(21)31-15-14-30-28(31)19-10-6-5-7-11-19/h5-18H,1-4H3. The lowest BCUT2D eigenvalue weighted by Gasteiger charge is -2.23. The van der Waals surface area contributed by atoms with Gasteiger partial charge in [0.1, 0.15) is 17.0 Å². The molecule has 0 bridgehead atoms. The first-order chi connectivity index (χ1) is 16.0. The Labute approximate surface area is 192 Å². The smallest absolute Gasteiger partial charge is 0.299 e. The Kier molecular flexibility index (Phi) is 4.44. The molecule has 0 aliphatic carbocycles. The van der Waals surface area contributed by atoms with Crippen LogP contribution >= 0.6 is 0 Å². The number of furan rings is 2. The molecule has 3 aromatic carbocycles. The van der Waals surface area contributed by atoms with E-state index in [9.17, 15) is 0 Å². The molecule has 3 heterocycles. The second kappa shape index (κ2) is 7.38. The van der Waals surface area contributed by atoms with Crippen molar-refractivity contribution < 1.29 is 8.83 Å². The Morgan fingerprint density at radius 3 is 2.27 bits per heavy atom. The second-order valence-electron chi connectivity index (χ2n) is 9.26. The number of benzene rings is 3. The van der Waals surface area contributed by atoms with E-state index in [0.717, 1.165) is 38.7 Å². The monoisotopic (exact) mass is 434 g/mol. The molecular weight excluding hydrogens is 408 g/mol. The van der Waals surface area contributed by atoms with E-state index < -0.39 is 0 Å². The molecule has 6 rings (SSSR count). The molecule has 0 saturated carbocycles. The molecule has 0 aliphatic rings. The van der Waals surface area contributed by atoms with Crippen LogP contribution in [-0.4, -0.2) is 9.55 Å². The zero-order chi connectivity index (χ0) is 22.7.